The molecular weight excluding hydrogens is 376 g/mol. The minimum atomic E-state index is -0.622. The summed E-state index contributed by atoms with van der Waals surface area (Å²) in [6.07, 6.45) is -0.500. The molecule has 11 heteroatoms. The molecule has 10 nitrogen and oxygen atoms in total. The molecule has 1 aliphatic heterocycles. The molecule has 2 aromatic rings. The standard InChI is InChI=1S/C16H10N4O6S/c21-14-9-15(22)18(12-2-1-3-13(8-12)20(25)26)16(27)17(14)10-4-6-11(7-5-10)19(23)24/h1-8H,9H2. The summed E-state index contributed by atoms with van der Waals surface area (Å²) in [5, 5.41) is 21.6. The number of amides is 2. The maximum Gasteiger partial charge on any atom is 0.271 e. The summed E-state index contributed by atoms with van der Waals surface area (Å²) in [7, 11) is 0. The Kier molecular flexibility index (Phi) is 4.60. The molecule has 2 aromatic carbocycles. The van der Waals surface area contributed by atoms with Crippen LogP contribution in [0.3, 0.4) is 0 Å². The lowest BCUT2D eigenvalue weighted by atomic mass is 10.2. The van der Waals surface area contributed by atoms with Gasteiger partial charge in [-0.25, -0.2) is 0 Å². The second-order valence-electron chi connectivity index (χ2n) is 5.47. The molecule has 0 unspecified atom stereocenters. The van der Waals surface area contributed by atoms with Gasteiger partial charge in [0.1, 0.15) is 6.42 Å². The van der Waals surface area contributed by atoms with Gasteiger partial charge in [-0.2, -0.15) is 0 Å². The van der Waals surface area contributed by atoms with Crippen LogP contribution < -0.4 is 9.80 Å². The first-order chi connectivity index (χ1) is 12.8. The maximum atomic E-state index is 12.3. The highest BCUT2D eigenvalue weighted by Gasteiger charge is 2.37. The molecule has 0 aliphatic carbocycles. The summed E-state index contributed by atoms with van der Waals surface area (Å²) < 4.78 is 0. The Morgan fingerprint density at radius 3 is 1.93 bits per heavy atom. The van der Waals surface area contributed by atoms with Crippen LogP contribution in [0.25, 0.3) is 0 Å². The van der Waals surface area contributed by atoms with E-state index in [0.29, 0.717) is 0 Å². The van der Waals surface area contributed by atoms with Crippen molar-refractivity contribution >= 4 is 51.9 Å². The monoisotopic (exact) mass is 386 g/mol. The van der Waals surface area contributed by atoms with Crippen molar-refractivity contribution in [3.05, 3.63) is 68.8 Å². The average Bonchev–Trinajstić information content (AvgIpc) is 2.62. The number of rotatable bonds is 4. The topological polar surface area (TPSA) is 127 Å². The van der Waals surface area contributed by atoms with Gasteiger partial charge >= 0.3 is 0 Å². The lowest BCUT2D eigenvalue weighted by Gasteiger charge is -2.35. The van der Waals surface area contributed by atoms with Gasteiger partial charge in [0, 0.05) is 24.3 Å². The van der Waals surface area contributed by atoms with Crippen molar-refractivity contribution in [3.8, 4) is 0 Å². The number of anilines is 2. The van der Waals surface area contributed by atoms with E-state index < -0.39 is 28.1 Å². The fraction of sp³-hybridized carbons (Fsp3) is 0.0625. The van der Waals surface area contributed by atoms with Crippen molar-refractivity contribution in [2.75, 3.05) is 9.80 Å². The van der Waals surface area contributed by atoms with Crippen LogP contribution in [-0.4, -0.2) is 26.8 Å². The van der Waals surface area contributed by atoms with E-state index in [9.17, 15) is 29.8 Å². The highest BCUT2D eigenvalue weighted by atomic mass is 32.1. The lowest BCUT2D eigenvalue weighted by molar-refractivity contribution is -0.385. The van der Waals surface area contributed by atoms with Gasteiger partial charge in [-0.3, -0.25) is 39.6 Å². The fourth-order valence-corrected chi connectivity index (χ4v) is 2.99. The summed E-state index contributed by atoms with van der Waals surface area (Å²) in [4.78, 5) is 47.3. The first-order valence-electron chi connectivity index (χ1n) is 7.48. The first kappa shape index (κ1) is 18.1. The molecular formula is C16H10N4O6S. The minimum Gasteiger partial charge on any atom is -0.273 e. The Balaban J connectivity index is 2.00. The van der Waals surface area contributed by atoms with Crippen molar-refractivity contribution in [1.29, 1.82) is 0 Å². The molecule has 0 atom stereocenters. The molecule has 0 N–H and O–H groups in total. The highest BCUT2D eigenvalue weighted by Crippen LogP contribution is 2.29. The molecule has 1 saturated heterocycles. The second kappa shape index (κ2) is 6.88. The first-order valence-corrected chi connectivity index (χ1v) is 7.89. The van der Waals surface area contributed by atoms with Gasteiger partial charge in [-0.05, 0) is 30.4 Å². The molecule has 1 aliphatic rings. The maximum absolute atomic E-state index is 12.3. The molecule has 1 fully saturated rings. The highest BCUT2D eigenvalue weighted by molar-refractivity contribution is 7.81. The van der Waals surface area contributed by atoms with Gasteiger partial charge < -0.3 is 0 Å². The number of nitro groups is 2. The molecule has 0 saturated carbocycles. The third kappa shape index (κ3) is 3.35. The number of non-ortho nitro benzene ring substituents is 2. The smallest absolute Gasteiger partial charge is 0.271 e. The van der Waals surface area contributed by atoms with E-state index in [2.05, 4.69) is 0 Å². The Bertz CT molecular complexity index is 991. The molecule has 27 heavy (non-hydrogen) atoms. The predicted molar refractivity (Wildman–Crippen MR) is 98.4 cm³/mol. The van der Waals surface area contributed by atoms with Gasteiger partial charge in [-0.15, -0.1) is 0 Å². The Morgan fingerprint density at radius 1 is 0.815 bits per heavy atom. The van der Waals surface area contributed by atoms with Crippen molar-refractivity contribution in [2.45, 2.75) is 6.42 Å². The third-order valence-corrected chi connectivity index (χ3v) is 4.17. The lowest BCUT2D eigenvalue weighted by Crippen LogP contribution is -2.55. The van der Waals surface area contributed by atoms with Crippen molar-refractivity contribution in [1.82, 2.24) is 0 Å². The predicted octanol–water partition coefficient (Wildman–Crippen LogP) is 2.56. The molecule has 0 aromatic heterocycles. The van der Waals surface area contributed by atoms with Crippen LogP contribution in [-0.2, 0) is 9.59 Å². The number of thiocarbonyl (C=S) groups is 1. The summed E-state index contributed by atoms with van der Waals surface area (Å²) in [6, 6.07) is 10.4. The van der Waals surface area contributed by atoms with Crippen molar-refractivity contribution in [3.63, 3.8) is 0 Å². The van der Waals surface area contributed by atoms with Crippen LogP contribution in [0.4, 0.5) is 22.7 Å². The quantitative estimate of drug-likeness (QED) is 0.342. The molecule has 1 heterocycles. The van der Waals surface area contributed by atoms with E-state index in [0.717, 1.165) is 9.80 Å². The summed E-state index contributed by atoms with van der Waals surface area (Å²) in [6.45, 7) is 0. The van der Waals surface area contributed by atoms with E-state index in [1.807, 2.05) is 0 Å². The van der Waals surface area contributed by atoms with E-state index in [1.165, 1.54) is 48.5 Å². The summed E-state index contributed by atoms with van der Waals surface area (Å²) in [5.41, 5.74) is -0.000211. The fourth-order valence-electron chi connectivity index (χ4n) is 2.58. The Hall–Kier alpha value is -3.73. The second-order valence-corrected chi connectivity index (χ2v) is 5.83. The molecule has 0 radical (unpaired) electrons. The van der Waals surface area contributed by atoms with Crippen LogP contribution in [0.2, 0.25) is 0 Å². The van der Waals surface area contributed by atoms with Gasteiger partial charge in [0.2, 0.25) is 11.8 Å². The van der Waals surface area contributed by atoms with Crippen LogP contribution in [0.1, 0.15) is 6.42 Å². The Labute approximate surface area is 156 Å². The number of nitrogens with zero attached hydrogens (tertiary/aromatic N) is 4. The van der Waals surface area contributed by atoms with Crippen molar-refractivity contribution < 1.29 is 19.4 Å². The van der Waals surface area contributed by atoms with Crippen molar-refractivity contribution in [2.24, 2.45) is 0 Å². The molecule has 0 bridgehead atoms. The number of carbonyl (C=O) groups excluding carboxylic acids is 2. The van der Waals surface area contributed by atoms with Gasteiger partial charge in [-0.1, -0.05) is 6.07 Å². The zero-order valence-electron chi connectivity index (χ0n) is 13.5. The summed E-state index contributed by atoms with van der Waals surface area (Å²) in [5.74, 6) is -1.22. The van der Waals surface area contributed by atoms with Crippen LogP contribution in [0.5, 0.6) is 0 Å². The number of nitro benzene ring substituents is 2. The van der Waals surface area contributed by atoms with Gasteiger partial charge in [0.15, 0.2) is 5.11 Å². The van der Waals surface area contributed by atoms with E-state index in [-0.39, 0.29) is 27.9 Å². The number of hydrogen-bond acceptors (Lipinski definition) is 7. The SMILES string of the molecule is O=C1CC(=O)N(c2cccc([N+](=O)[O-])c2)C(=S)N1c1ccc([N+](=O)[O-])cc1. The van der Waals surface area contributed by atoms with Gasteiger partial charge in [0.25, 0.3) is 11.4 Å². The van der Waals surface area contributed by atoms with E-state index in [4.69, 9.17) is 12.2 Å². The molecule has 136 valence electrons. The molecule has 2 amide bonds. The number of carbonyl (C=O) groups is 2. The minimum absolute atomic E-state index is 0.151. The Morgan fingerprint density at radius 2 is 1.37 bits per heavy atom. The number of hydrogen-bond donors (Lipinski definition) is 0. The van der Waals surface area contributed by atoms with E-state index in [1.54, 1.807) is 0 Å². The molecule has 0 spiro atoms. The zero-order chi connectivity index (χ0) is 19.7. The average molecular weight is 386 g/mol. The number of benzene rings is 2. The zero-order valence-corrected chi connectivity index (χ0v) is 14.3. The van der Waals surface area contributed by atoms with E-state index >= 15 is 0 Å². The largest absolute Gasteiger partial charge is 0.273 e. The normalized spacial score (nSPS) is 14.4. The third-order valence-electron chi connectivity index (χ3n) is 3.80. The molecule has 3 rings (SSSR count). The van der Waals surface area contributed by atoms with Crippen LogP contribution in [0.15, 0.2) is 48.5 Å². The van der Waals surface area contributed by atoms with Crippen LogP contribution >= 0.6 is 12.2 Å². The summed E-state index contributed by atoms with van der Waals surface area (Å²) >= 11 is 5.27. The van der Waals surface area contributed by atoms with Gasteiger partial charge in [0.05, 0.1) is 21.2 Å². The van der Waals surface area contributed by atoms with Crippen LogP contribution in [0, 0.1) is 20.2 Å².